The first-order valence-corrected chi connectivity index (χ1v) is 5.28. The van der Waals surface area contributed by atoms with E-state index in [9.17, 15) is 4.79 Å². The second-order valence-corrected chi connectivity index (χ2v) is 3.54. The molecule has 0 spiro atoms. The molecular formula is C10H12BrNO. The molecule has 1 aromatic carbocycles. The highest BCUT2D eigenvalue weighted by atomic mass is 79.9. The van der Waals surface area contributed by atoms with Crippen LogP contribution in [0.1, 0.15) is 5.56 Å². The summed E-state index contributed by atoms with van der Waals surface area (Å²) in [6.07, 6.45) is 0.883. The molecule has 0 aromatic heterocycles. The third kappa shape index (κ3) is 3.59. The van der Waals surface area contributed by atoms with Crippen molar-refractivity contribution in [3.8, 4) is 0 Å². The van der Waals surface area contributed by atoms with Crippen molar-refractivity contribution in [1.29, 1.82) is 0 Å². The van der Waals surface area contributed by atoms with Crippen LogP contribution < -0.4 is 0 Å². The van der Waals surface area contributed by atoms with Crippen LogP contribution in [-0.2, 0) is 11.3 Å². The van der Waals surface area contributed by atoms with Gasteiger partial charge in [-0.05, 0) is 5.56 Å². The molecule has 0 atom stereocenters. The molecule has 0 N–H and O–H groups in total. The SMILES string of the molecule is O=CN(CCBr)Cc1ccccc1. The fraction of sp³-hybridized carbons (Fsp3) is 0.300. The van der Waals surface area contributed by atoms with Crippen molar-refractivity contribution in [1.82, 2.24) is 4.90 Å². The molecule has 1 amide bonds. The monoisotopic (exact) mass is 241 g/mol. The summed E-state index contributed by atoms with van der Waals surface area (Å²) in [7, 11) is 0. The Labute approximate surface area is 86.7 Å². The van der Waals surface area contributed by atoms with Gasteiger partial charge in [0.2, 0.25) is 6.41 Å². The highest BCUT2D eigenvalue weighted by Crippen LogP contribution is 2.02. The minimum Gasteiger partial charge on any atom is -0.340 e. The van der Waals surface area contributed by atoms with Crippen molar-refractivity contribution in [3.05, 3.63) is 35.9 Å². The molecule has 2 nitrogen and oxygen atoms in total. The van der Waals surface area contributed by atoms with E-state index < -0.39 is 0 Å². The molecule has 0 saturated heterocycles. The van der Waals surface area contributed by atoms with Gasteiger partial charge in [-0.15, -0.1) is 0 Å². The number of nitrogens with zero attached hydrogens (tertiary/aromatic N) is 1. The van der Waals surface area contributed by atoms with Gasteiger partial charge in [0.1, 0.15) is 0 Å². The van der Waals surface area contributed by atoms with Gasteiger partial charge in [-0.2, -0.15) is 0 Å². The third-order valence-corrected chi connectivity index (χ3v) is 2.10. The maximum absolute atomic E-state index is 10.6. The average Bonchev–Trinajstić information content (AvgIpc) is 2.19. The normalized spacial score (nSPS) is 9.62. The molecule has 0 aliphatic rings. The fourth-order valence-corrected chi connectivity index (χ4v) is 1.55. The van der Waals surface area contributed by atoms with Gasteiger partial charge in [0.15, 0.2) is 0 Å². The molecule has 3 heteroatoms. The Kier molecular flexibility index (Phi) is 4.54. The number of carbonyl (C=O) groups is 1. The Hall–Kier alpha value is -0.830. The first-order chi connectivity index (χ1) is 6.36. The van der Waals surface area contributed by atoms with E-state index in [4.69, 9.17) is 0 Å². The van der Waals surface area contributed by atoms with E-state index in [2.05, 4.69) is 15.9 Å². The quantitative estimate of drug-likeness (QED) is 0.571. The summed E-state index contributed by atoms with van der Waals surface area (Å²) >= 11 is 3.30. The summed E-state index contributed by atoms with van der Waals surface area (Å²) in [5, 5.41) is 0.818. The molecular weight excluding hydrogens is 230 g/mol. The molecule has 0 unspecified atom stereocenters. The molecule has 0 fully saturated rings. The zero-order chi connectivity index (χ0) is 9.52. The van der Waals surface area contributed by atoms with Gasteiger partial charge in [-0.1, -0.05) is 46.3 Å². The van der Waals surface area contributed by atoms with Crippen LogP contribution in [-0.4, -0.2) is 23.2 Å². The second-order valence-electron chi connectivity index (χ2n) is 2.75. The van der Waals surface area contributed by atoms with E-state index in [0.29, 0.717) is 6.54 Å². The number of halogens is 1. The predicted octanol–water partition coefficient (Wildman–Crippen LogP) is 2.04. The lowest BCUT2D eigenvalue weighted by atomic mass is 10.2. The summed E-state index contributed by atoms with van der Waals surface area (Å²) in [5.74, 6) is 0. The number of alkyl halides is 1. The topological polar surface area (TPSA) is 20.3 Å². The summed E-state index contributed by atoms with van der Waals surface area (Å²) in [6.45, 7) is 1.44. The van der Waals surface area contributed by atoms with Gasteiger partial charge >= 0.3 is 0 Å². The predicted molar refractivity (Wildman–Crippen MR) is 56.7 cm³/mol. The molecule has 1 rings (SSSR count). The molecule has 0 bridgehead atoms. The highest BCUT2D eigenvalue weighted by molar-refractivity contribution is 9.09. The Morgan fingerprint density at radius 3 is 2.54 bits per heavy atom. The maximum atomic E-state index is 10.6. The van der Waals surface area contributed by atoms with Crippen LogP contribution in [0.5, 0.6) is 0 Å². The van der Waals surface area contributed by atoms with Crippen LogP contribution in [0, 0.1) is 0 Å². The van der Waals surface area contributed by atoms with E-state index in [0.717, 1.165) is 23.8 Å². The van der Waals surface area contributed by atoms with Crippen LogP contribution in [0.4, 0.5) is 0 Å². The Bertz CT molecular complexity index is 250. The molecule has 13 heavy (non-hydrogen) atoms. The number of rotatable bonds is 5. The molecule has 1 aromatic rings. The zero-order valence-corrected chi connectivity index (χ0v) is 8.90. The first kappa shape index (κ1) is 10.3. The Morgan fingerprint density at radius 1 is 1.31 bits per heavy atom. The van der Waals surface area contributed by atoms with Gasteiger partial charge in [0.25, 0.3) is 0 Å². The largest absolute Gasteiger partial charge is 0.340 e. The van der Waals surface area contributed by atoms with Crippen LogP contribution in [0.2, 0.25) is 0 Å². The summed E-state index contributed by atoms with van der Waals surface area (Å²) in [4.78, 5) is 12.3. The van der Waals surface area contributed by atoms with Crippen LogP contribution in [0.15, 0.2) is 30.3 Å². The van der Waals surface area contributed by atoms with Gasteiger partial charge in [-0.25, -0.2) is 0 Å². The summed E-state index contributed by atoms with van der Waals surface area (Å²) < 4.78 is 0. The highest BCUT2D eigenvalue weighted by Gasteiger charge is 2.00. The van der Waals surface area contributed by atoms with Crippen LogP contribution in [0.3, 0.4) is 0 Å². The molecule has 0 aliphatic heterocycles. The van der Waals surface area contributed by atoms with Gasteiger partial charge in [0, 0.05) is 18.4 Å². The van der Waals surface area contributed by atoms with Crippen molar-refractivity contribution in [2.75, 3.05) is 11.9 Å². The number of carbonyl (C=O) groups excluding carboxylic acids is 1. The Morgan fingerprint density at radius 2 is 2.00 bits per heavy atom. The Balaban J connectivity index is 2.51. The lowest BCUT2D eigenvalue weighted by molar-refractivity contribution is -0.118. The van der Waals surface area contributed by atoms with Crippen molar-refractivity contribution >= 4 is 22.3 Å². The van der Waals surface area contributed by atoms with Crippen molar-refractivity contribution in [2.45, 2.75) is 6.54 Å². The molecule has 0 heterocycles. The average molecular weight is 242 g/mol. The second kappa shape index (κ2) is 5.75. The maximum Gasteiger partial charge on any atom is 0.210 e. The number of hydrogen-bond donors (Lipinski definition) is 0. The molecule has 0 radical (unpaired) electrons. The number of amides is 1. The summed E-state index contributed by atoms with van der Waals surface area (Å²) in [6, 6.07) is 9.97. The minimum absolute atomic E-state index is 0.690. The van der Waals surface area contributed by atoms with Gasteiger partial charge in [0.05, 0.1) is 0 Å². The number of hydrogen-bond acceptors (Lipinski definition) is 1. The molecule has 0 aliphatic carbocycles. The lowest BCUT2D eigenvalue weighted by Gasteiger charge is -2.15. The van der Waals surface area contributed by atoms with Crippen molar-refractivity contribution in [3.63, 3.8) is 0 Å². The standard InChI is InChI=1S/C10H12BrNO/c11-6-7-12(9-13)8-10-4-2-1-3-5-10/h1-5,9H,6-8H2. The molecule has 0 saturated carbocycles. The fourth-order valence-electron chi connectivity index (χ4n) is 1.10. The summed E-state index contributed by atoms with van der Waals surface area (Å²) in [5.41, 5.74) is 1.16. The van der Waals surface area contributed by atoms with Gasteiger partial charge in [-0.3, -0.25) is 4.79 Å². The van der Waals surface area contributed by atoms with E-state index in [-0.39, 0.29) is 0 Å². The minimum atomic E-state index is 0.690. The third-order valence-electron chi connectivity index (χ3n) is 1.75. The van der Waals surface area contributed by atoms with Crippen molar-refractivity contribution in [2.24, 2.45) is 0 Å². The number of benzene rings is 1. The smallest absolute Gasteiger partial charge is 0.210 e. The van der Waals surface area contributed by atoms with E-state index in [1.165, 1.54) is 0 Å². The van der Waals surface area contributed by atoms with E-state index in [1.54, 1.807) is 4.90 Å². The van der Waals surface area contributed by atoms with Crippen molar-refractivity contribution < 1.29 is 4.79 Å². The van der Waals surface area contributed by atoms with Crippen LogP contribution in [0.25, 0.3) is 0 Å². The zero-order valence-electron chi connectivity index (χ0n) is 7.32. The lowest BCUT2D eigenvalue weighted by Crippen LogP contribution is -2.23. The van der Waals surface area contributed by atoms with Crippen LogP contribution >= 0.6 is 15.9 Å². The molecule has 70 valence electrons. The van der Waals surface area contributed by atoms with E-state index in [1.807, 2.05) is 30.3 Å². The van der Waals surface area contributed by atoms with Gasteiger partial charge < -0.3 is 4.90 Å². The van der Waals surface area contributed by atoms with E-state index >= 15 is 0 Å². The first-order valence-electron chi connectivity index (χ1n) is 4.16.